The Kier molecular flexibility index (Phi) is 8.99. The van der Waals surface area contributed by atoms with Crippen molar-refractivity contribution in [3.63, 3.8) is 0 Å². The van der Waals surface area contributed by atoms with Gasteiger partial charge in [-0.3, -0.25) is 0 Å². The Morgan fingerprint density at radius 3 is 1.90 bits per heavy atom. The van der Waals surface area contributed by atoms with Crippen LogP contribution in [0.5, 0.6) is 5.75 Å². The van der Waals surface area contributed by atoms with Crippen LogP contribution in [0.2, 0.25) is 0 Å². The van der Waals surface area contributed by atoms with Gasteiger partial charge in [0.1, 0.15) is 44.5 Å². The van der Waals surface area contributed by atoms with Gasteiger partial charge in [-0.2, -0.15) is 0 Å². The molecule has 0 bridgehead atoms. The average molecular weight is 431 g/mol. The SMILES string of the molecule is Oc1cccc(C(c2ccccc2)[NH+]2CC[NH+](Cc3ccccc3)CC2)c1.[Cl-].[Cl-]. The second-order valence-corrected chi connectivity index (χ2v) is 7.51. The summed E-state index contributed by atoms with van der Waals surface area (Å²) < 4.78 is 0. The van der Waals surface area contributed by atoms with Crippen LogP contribution in [0.15, 0.2) is 84.9 Å². The van der Waals surface area contributed by atoms with Crippen LogP contribution < -0.4 is 34.6 Å². The van der Waals surface area contributed by atoms with Crippen molar-refractivity contribution >= 4 is 0 Å². The summed E-state index contributed by atoms with van der Waals surface area (Å²) in [7, 11) is 0. The van der Waals surface area contributed by atoms with E-state index < -0.39 is 0 Å². The number of nitrogens with one attached hydrogen (secondary N) is 2. The van der Waals surface area contributed by atoms with Gasteiger partial charge < -0.3 is 39.7 Å². The molecule has 1 saturated heterocycles. The standard InChI is InChI=1S/C24H26N2O.2ClH/c27-23-13-7-12-22(18-23)24(21-10-5-2-6-11-21)26-16-14-25(15-17-26)19-20-8-3-1-4-9-20;;/h1-13,18,24,27H,14-17,19H2;2*1H. The van der Waals surface area contributed by atoms with E-state index in [9.17, 15) is 5.11 Å². The highest BCUT2D eigenvalue weighted by Crippen LogP contribution is 2.22. The lowest BCUT2D eigenvalue weighted by Crippen LogP contribution is -3.27. The second-order valence-electron chi connectivity index (χ2n) is 7.51. The number of rotatable bonds is 5. The van der Waals surface area contributed by atoms with Gasteiger partial charge in [-0.1, -0.05) is 72.8 Å². The summed E-state index contributed by atoms with van der Waals surface area (Å²) in [4.78, 5) is 3.25. The molecule has 1 aliphatic heterocycles. The Morgan fingerprint density at radius 1 is 0.690 bits per heavy atom. The molecular formula is C24H28Cl2N2O. The Morgan fingerprint density at radius 2 is 1.28 bits per heavy atom. The van der Waals surface area contributed by atoms with Gasteiger partial charge in [0.05, 0.1) is 0 Å². The zero-order valence-electron chi connectivity index (χ0n) is 16.4. The van der Waals surface area contributed by atoms with Crippen LogP contribution in [-0.4, -0.2) is 31.3 Å². The first-order chi connectivity index (χ1) is 13.3. The third-order valence-electron chi connectivity index (χ3n) is 5.64. The number of phenolic OH excluding ortho intramolecular Hbond substituents is 1. The van der Waals surface area contributed by atoms with Crippen molar-refractivity contribution in [2.24, 2.45) is 0 Å². The summed E-state index contributed by atoms with van der Waals surface area (Å²) in [6.07, 6.45) is 0. The molecule has 0 saturated carbocycles. The van der Waals surface area contributed by atoms with Gasteiger partial charge in [-0.25, -0.2) is 0 Å². The van der Waals surface area contributed by atoms with Gasteiger partial charge in [0.25, 0.3) is 0 Å². The first-order valence-corrected chi connectivity index (χ1v) is 9.85. The predicted octanol–water partition coefficient (Wildman–Crippen LogP) is -4.53. The van der Waals surface area contributed by atoms with Crippen LogP contribution in [0, 0.1) is 0 Å². The second kappa shape index (κ2) is 11.2. The van der Waals surface area contributed by atoms with Crippen LogP contribution in [0.4, 0.5) is 0 Å². The number of hydrogen-bond acceptors (Lipinski definition) is 1. The lowest BCUT2D eigenvalue weighted by Gasteiger charge is -2.35. The fourth-order valence-electron chi connectivity index (χ4n) is 4.29. The maximum atomic E-state index is 10.0. The van der Waals surface area contributed by atoms with Crippen LogP contribution >= 0.6 is 0 Å². The van der Waals surface area contributed by atoms with E-state index in [4.69, 9.17) is 0 Å². The van der Waals surface area contributed by atoms with E-state index in [1.807, 2.05) is 12.1 Å². The minimum Gasteiger partial charge on any atom is -1.00 e. The smallest absolute Gasteiger partial charge is 0.139 e. The summed E-state index contributed by atoms with van der Waals surface area (Å²) in [6.45, 7) is 5.73. The summed E-state index contributed by atoms with van der Waals surface area (Å²) in [5.74, 6) is 0.348. The minimum absolute atomic E-state index is 0. The Balaban J connectivity index is 0.00000150. The minimum atomic E-state index is 0. The van der Waals surface area contributed by atoms with E-state index in [0.717, 1.165) is 19.6 Å². The molecule has 1 fully saturated rings. The number of halogens is 2. The highest BCUT2D eigenvalue weighted by Gasteiger charge is 2.31. The first kappa shape index (κ1) is 23.2. The molecule has 0 aromatic heterocycles. The number of hydrogen-bond donors (Lipinski definition) is 3. The van der Waals surface area contributed by atoms with Crippen molar-refractivity contribution in [2.75, 3.05) is 26.2 Å². The molecule has 5 heteroatoms. The maximum absolute atomic E-state index is 10.0. The van der Waals surface area contributed by atoms with Crippen molar-refractivity contribution < 1.29 is 39.7 Å². The number of aromatic hydroxyl groups is 1. The third kappa shape index (κ3) is 5.97. The summed E-state index contributed by atoms with van der Waals surface area (Å²) in [5, 5.41) is 10.0. The number of piperazine rings is 1. The Labute approximate surface area is 185 Å². The molecule has 4 rings (SSSR count). The third-order valence-corrected chi connectivity index (χ3v) is 5.64. The van der Waals surface area contributed by atoms with Gasteiger partial charge in [0.2, 0.25) is 0 Å². The molecule has 3 aromatic carbocycles. The Bertz CT molecular complexity index is 853. The lowest BCUT2D eigenvalue weighted by molar-refractivity contribution is -1.03. The van der Waals surface area contributed by atoms with Crippen molar-refractivity contribution in [3.05, 3.63) is 102 Å². The van der Waals surface area contributed by atoms with E-state index in [0.29, 0.717) is 5.75 Å². The van der Waals surface area contributed by atoms with Gasteiger partial charge in [-0.05, 0) is 12.1 Å². The number of phenols is 1. The molecule has 0 radical (unpaired) electrons. The van der Waals surface area contributed by atoms with Gasteiger partial charge in [-0.15, -0.1) is 0 Å². The van der Waals surface area contributed by atoms with E-state index in [-0.39, 0.29) is 30.9 Å². The molecule has 1 heterocycles. The van der Waals surface area contributed by atoms with Crippen molar-refractivity contribution in [1.29, 1.82) is 0 Å². The zero-order chi connectivity index (χ0) is 18.5. The molecular weight excluding hydrogens is 403 g/mol. The highest BCUT2D eigenvalue weighted by molar-refractivity contribution is 5.34. The van der Waals surface area contributed by atoms with Gasteiger partial charge >= 0.3 is 0 Å². The molecule has 3 N–H and O–H groups in total. The summed E-state index contributed by atoms with van der Waals surface area (Å²) in [5.41, 5.74) is 3.94. The van der Waals surface area contributed by atoms with Crippen LogP contribution in [0.3, 0.4) is 0 Å². The van der Waals surface area contributed by atoms with Crippen LogP contribution in [-0.2, 0) is 6.54 Å². The van der Waals surface area contributed by atoms with Gasteiger partial charge in [0.15, 0.2) is 0 Å². The van der Waals surface area contributed by atoms with Crippen LogP contribution in [0.1, 0.15) is 22.7 Å². The highest BCUT2D eigenvalue weighted by atomic mass is 35.5. The fraction of sp³-hybridized carbons (Fsp3) is 0.250. The van der Waals surface area contributed by atoms with E-state index in [2.05, 4.69) is 66.7 Å². The zero-order valence-corrected chi connectivity index (χ0v) is 17.9. The van der Waals surface area contributed by atoms with E-state index in [1.165, 1.54) is 29.8 Å². The number of quaternary nitrogens is 2. The quantitative estimate of drug-likeness (QED) is 0.374. The predicted molar refractivity (Wildman–Crippen MR) is 108 cm³/mol. The van der Waals surface area contributed by atoms with Crippen molar-refractivity contribution in [1.82, 2.24) is 0 Å². The molecule has 3 aromatic rings. The first-order valence-electron chi connectivity index (χ1n) is 9.85. The molecule has 1 unspecified atom stereocenters. The van der Waals surface area contributed by atoms with Crippen molar-refractivity contribution in [3.8, 4) is 5.75 Å². The largest absolute Gasteiger partial charge is 1.00 e. The number of benzene rings is 3. The summed E-state index contributed by atoms with van der Waals surface area (Å²) in [6, 6.07) is 29.6. The average Bonchev–Trinajstić information content (AvgIpc) is 2.71. The molecule has 0 amide bonds. The van der Waals surface area contributed by atoms with E-state index >= 15 is 0 Å². The maximum Gasteiger partial charge on any atom is 0.139 e. The van der Waals surface area contributed by atoms with Crippen LogP contribution in [0.25, 0.3) is 0 Å². The molecule has 1 atom stereocenters. The van der Waals surface area contributed by atoms with E-state index in [1.54, 1.807) is 15.9 Å². The van der Waals surface area contributed by atoms with Crippen molar-refractivity contribution in [2.45, 2.75) is 12.6 Å². The molecule has 1 aliphatic rings. The molecule has 0 aliphatic carbocycles. The van der Waals surface area contributed by atoms with Gasteiger partial charge in [0, 0.05) is 16.7 Å². The summed E-state index contributed by atoms with van der Waals surface area (Å²) >= 11 is 0. The topological polar surface area (TPSA) is 29.1 Å². The monoisotopic (exact) mass is 430 g/mol. The fourth-order valence-corrected chi connectivity index (χ4v) is 4.29. The molecule has 0 spiro atoms. The normalized spacial score (nSPS) is 19.4. The Hall–Kier alpha value is -2.04. The molecule has 154 valence electrons. The molecule has 29 heavy (non-hydrogen) atoms. The molecule has 3 nitrogen and oxygen atoms in total. The lowest BCUT2D eigenvalue weighted by atomic mass is 9.96.